The van der Waals surface area contributed by atoms with Gasteiger partial charge in [-0.15, -0.1) is 0 Å². The quantitative estimate of drug-likeness (QED) is 0.789. The van der Waals surface area contributed by atoms with Crippen molar-refractivity contribution < 1.29 is 4.74 Å². The Kier molecular flexibility index (Phi) is 4.83. The maximum Gasteiger partial charge on any atom is 0.0482 e. The number of hydrogen-bond donors (Lipinski definition) is 1. The molecule has 0 atom stereocenters. The number of hydrogen-bond acceptors (Lipinski definition) is 3. The summed E-state index contributed by atoms with van der Waals surface area (Å²) in [6, 6.07) is 8.68. The van der Waals surface area contributed by atoms with E-state index in [9.17, 15) is 0 Å². The van der Waals surface area contributed by atoms with Crippen molar-refractivity contribution in [2.45, 2.75) is 19.9 Å². The lowest BCUT2D eigenvalue weighted by Crippen LogP contribution is -2.30. The van der Waals surface area contributed by atoms with Crippen molar-refractivity contribution in [3.63, 3.8) is 0 Å². The highest BCUT2D eigenvalue weighted by molar-refractivity contribution is 5.54. The minimum absolute atomic E-state index is 0.818. The summed E-state index contributed by atoms with van der Waals surface area (Å²) in [5.41, 5.74) is 2.79. The second kappa shape index (κ2) is 6.62. The average molecular weight is 234 g/mol. The first-order valence-corrected chi connectivity index (χ1v) is 6.53. The van der Waals surface area contributed by atoms with E-state index in [0.717, 1.165) is 45.8 Å². The molecule has 0 unspecified atom stereocenters. The minimum Gasteiger partial charge on any atom is -0.382 e. The van der Waals surface area contributed by atoms with E-state index in [0.29, 0.717) is 0 Å². The van der Waals surface area contributed by atoms with Crippen LogP contribution in [0.4, 0.5) is 5.69 Å². The molecule has 1 aromatic carbocycles. The first-order chi connectivity index (χ1) is 8.42. The third-order valence-corrected chi connectivity index (χ3v) is 3.13. The van der Waals surface area contributed by atoms with E-state index in [1.807, 2.05) is 6.92 Å². The molecule has 0 aliphatic carbocycles. The second-order valence-corrected chi connectivity index (χ2v) is 4.34. The molecular weight excluding hydrogens is 212 g/mol. The molecule has 0 bridgehead atoms. The summed E-state index contributed by atoms with van der Waals surface area (Å²) in [4.78, 5) is 2.47. The monoisotopic (exact) mass is 234 g/mol. The Morgan fingerprint density at radius 2 is 2.24 bits per heavy atom. The lowest BCUT2D eigenvalue weighted by atomic mass is 10.1. The standard InChI is InChI=1S/C14H22N2O/c1-2-17-11-5-9-16-10-8-15-12-13-6-3-4-7-14(13)16/h3-4,6-7,15H,2,5,8-12H2,1H3. The molecular formula is C14H22N2O. The van der Waals surface area contributed by atoms with Crippen molar-refractivity contribution >= 4 is 5.69 Å². The van der Waals surface area contributed by atoms with Gasteiger partial charge in [0.15, 0.2) is 0 Å². The van der Waals surface area contributed by atoms with Crippen molar-refractivity contribution in [1.29, 1.82) is 0 Å². The van der Waals surface area contributed by atoms with Gasteiger partial charge in [0.2, 0.25) is 0 Å². The average Bonchev–Trinajstić information content (AvgIpc) is 2.57. The third kappa shape index (κ3) is 3.45. The molecule has 1 N–H and O–H groups in total. The van der Waals surface area contributed by atoms with Gasteiger partial charge in [-0.3, -0.25) is 0 Å². The lowest BCUT2D eigenvalue weighted by Gasteiger charge is -2.24. The van der Waals surface area contributed by atoms with Gasteiger partial charge >= 0.3 is 0 Å². The van der Waals surface area contributed by atoms with E-state index < -0.39 is 0 Å². The highest BCUT2D eigenvalue weighted by Gasteiger charge is 2.13. The predicted molar refractivity (Wildman–Crippen MR) is 71.5 cm³/mol. The van der Waals surface area contributed by atoms with Crippen molar-refractivity contribution in [3.8, 4) is 0 Å². The third-order valence-electron chi connectivity index (χ3n) is 3.13. The largest absolute Gasteiger partial charge is 0.382 e. The van der Waals surface area contributed by atoms with Gasteiger partial charge in [0, 0.05) is 45.1 Å². The number of anilines is 1. The smallest absolute Gasteiger partial charge is 0.0482 e. The fourth-order valence-electron chi connectivity index (χ4n) is 2.26. The molecule has 0 aromatic heterocycles. The fourth-order valence-corrected chi connectivity index (χ4v) is 2.26. The maximum absolute atomic E-state index is 5.40. The van der Waals surface area contributed by atoms with Crippen LogP contribution >= 0.6 is 0 Å². The minimum atomic E-state index is 0.818. The van der Waals surface area contributed by atoms with Gasteiger partial charge in [-0.05, 0) is 25.0 Å². The van der Waals surface area contributed by atoms with Crippen molar-refractivity contribution in [1.82, 2.24) is 5.32 Å². The topological polar surface area (TPSA) is 24.5 Å². The first-order valence-electron chi connectivity index (χ1n) is 6.53. The molecule has 94 valence electrons. The molecule has 1 heterocycles. The maximum atomic E-state index is 5.40. The molecule has 0 saturated heterocycles. The Morgan fingerprint density at radius 3 is 3.12 bits per heavy atom. The zero-order valence-electron chi connectivity index (χ0n) is 10.6. The Balaban J connectivity index is 1.97. The number of nitrogens with one attached hydrogen (secondary N) is 1. The molecule has 0 fully saturated rings. The van der Waals surface area contributed by atoms with Gasteiger partial charge in [0.1, 0.15) is 0 Å². The summed E-state index contributed by atoms with van der Waals surface area (Å²) in [6.07, 6.45) is 1.10. The van der Waals surface area contributed by atoms with Crippen LogP contribution in [-0.2, 0) is 11.3 Å². The van der Waals surface area contributed by atoms with Gasteiger partial charge in [-0.2, -0.15) is 0 Å². The highest BCUT2D eigenvalue weighted by Crippen LogP contribution is 2.21. The van der Waals surface area contributed by atoms with Gasteiger partial charge in [-0.1, -0.05) is 18.2 Å². The zero-order valence-corrected chi connectivity index (χ0v) is 10.6. The molecule has 1 aromatic rings. The van der Waals surface area contributed by atoms with Gasteiger partial charge in [0.05, 0.1) is 0 Å². The molecule has 2 rings (SSSR count). The number of benzene rings is 1. The lowest BCUT2D eigenvalue weighted by molar-refractivity contribution is 0.146. The van der Waals surface area contributed by atoms with E-state index >= 15 is 0 Å². The van der Waals surface area contributed by atoms with Crippen LogP contribution in [0.5, 0.6) is 0 Å². The van der Waals surface area contributed by atoms with Crippen LogP contribution < -0.4 is 10.2 Å². The van der Waals surface area contributed by atoms with Crippen LogP contribution in [0.25, 0.3) is 0 Å². The van der Waals surface area contributed by atoms with E-state index in [1.54, 1.807) is 0 Å². The van der Waals surface area contributed by atoms with E-state index in [4.69, 9.17) is 4.74 Å². The van der Waals surface area contributed by atoms with Crippen LogP contribution in [0.2, 0.25) is 0 Å². The molecule has 0 spiro atoms. The number of ether oxygens (including phenoxy) is 1. The summed E-state index contributed by atoms with van der Waals surface area (Å²) in [5.74, 6) is 0. The van der Waals surface area contributed by atoms with Crippen molar-refractivity contribution in [2.24, 2.45) is 0 Å². The SMILES string of the molecule is CCOCCCN1CCNCc2ccccc21. The molecule has 1 aliphatic rings. The number of fused-ring (bicyclic) bond motifs is 1. The normalized spacial score (nSPS) is 15.5. The Hall–Kier alpha value is -1.06. The molecule has 17 heavy (non-hydrogen) atoms. The predicted octanol–water partition coefficient (Wildman–Crippen LogP) is 2.02. The summed E-state index contributed by atoms with van der Waals surface area (Å²) >= 11 is 0. The van der Waals surface area contributed by atoms with Crippen LogP contribution in [0.1, 0.15) is 18.9 Å². The zero-order chi connectivity index (χ0) is 11.9. The van der Waals surface area contributed by atoms with Gasteiger partial charge < -0.3 is 15.0 Å². The van der Waals surface area contributed by atoms with E-state index in [1.165, 1.54) is 11.3 Å². The summed E-state index contributed by atoms with van der Waals surface area (Å²) < 4.78 is 5.40. The van der Waals surface area contributed by atoms with Crippen LogP contribution in [0.15, 0.2) is 24.3 Å². The second-order valence-electron chi connectivity index (χ2n) is 4.34. The number of para-hydroxylation sites is 1. The first kappa shape index (κ1) is 12.4. The van der Waals surface area contributed by atoms with Crippen molar-refractivity contribution in [3.05, 3.63) is 29.8 Å². The fraction of sp³-hybridized carbons (Fsp3) is 0.571. The summed E-state index contributed by atoms with van der Waals surface area (Å²) in [6.45, 7) is 7.94. The van der Waals surface area contributed by atoms with Gasteiger partial charge in [-0.25, -0.2) is 0 Å². The molecule has 1 aliphatic heterocycles. The Labute approximate surface area is 104 Å². The number of nitrogens with zero attached hydrogens (tertiary/aromatic N) is 1. The van der Waals surface area contributed by atoms with Crippen LogP contribution in [-0.4, -0.2) is 32.8 Å². The van der Waals surface area contributed by atoms with Crippen molar-refractivity contribution in [2.75, 3.05) is 37.7 Å². The summed E-state index contributed by atoms with van der Waals surface area (Å²) in [7, 11) is 0. The molecule has 3 heteroatoms. The Bertz CT molecular complexity index is 341. The molecule has 0 radical (unpaired) electrons. The molecule has 0 amide bonds. The summed E-state index contributed by atoms with van der Waals surface area (Å²) in [5, 5.41) is 3.46. The van der Waals surface area contributed by atoms with Crippen LogP contribution in [0, 0.1) is 0 Å². The van der Waals surface area contributed by atoms with Crippen LogP contribution in [0.3, 0.4) is 0 Å². The Morgan fingerprint density at radius 1 is 1.35 bits per heavy atom. The highest BCUT2D eigenvalue weighted by atomic mass is 16.5. The van der Waals surface area contributed by atoms with E-state index in [-0.39, 0.29) is 0 Å². The molecule has 3 nitrogen and oxygen atoms in total. The number of rotatable bonds is 5. The molecule has 0 saturated carbocycles. The van der Waals surface area contributed by atoms with E-state index in [2.05, 4.69) is 34.5 Å². The van der Waals surface area contributed by atoms with Gasteiger partial charge in [0.25, 0.3) is 0 Å².